The lowest BCUT2D eigenvalue weighted by molar-refractivity contribution is 1.10. The van der Waals surface area contributed by atoms with Gasteiger partial charge in [-0.15, -0.1) is 11.3 Å². The number of pyridine rings is 2. The van der Waals surface area contributed by atoms with Crippen molar-refractivity contribution >= 4 is 44.7 Å². The lowest BCUT2D eigenvalue weighted by atomic mass is 10.1. The smallest absolute Gasteiger partial charge is 0.155 e. The van der Waals surface area contributed by atoms with Gasteiger partial charge in [0.05, 0.1) is 17.6 Å². The summed E-state index contributed by atoms with van der Waals surface area (Å²) in [7, 11) is 0. The maximum absolute atomic E-state index is 4.66. The van der Waals surface area contributed by atoms with Crippen molar-refractivity contribution in [2.24, 2.45) is 0 Å². The Morgan fingerprint density at radius 2 is 1.74 bits per heavy atom. The van der Waals surface area contributed by atoms with Gasteiger partial charge in [-0.2, -0.15) is 5.10 Å². The van der Waals surface area contributed by atoms with Gasteiger partial charge >= 0.3 is 0 Å². The maximum Gasteiger partial charge on any atom is 0.155 e. The predicted octanol–water partition coefficient (Wildman–Crippen LogP) is 7.98. The zero-order valence-corrected chi connectivity index (χ0v) is 21.1. The molecule has 38 heavy (non-hydrogen) atoms. The Morgan fingerprint density at radius 1 is 0.842 bits per heavy atom. The topological polar surface area (TPSA) is 82.3 Å². The van der Waals surface area contributed by atoms with E-state index >= 15 is 0 Å². The summed E-state index contributed by atoms with van der Waals surface area (Å²) >= 11 is 1.74. The average Bonchev–Trinajstić information content (AvgIpc) is 3.73. The van der Waals surface area contributed by atoms with Crippen molar-refractivity contribution in [1.29, 1.82) is 0 Å². The number of aromatic nitrogens is 5. The van der Waals surface area contributed by atoms with Crippen molar-refractivity contribution in [3.63, 3.8) is 0 Å². The Kier molecular flexibility index (Phi) is 5.34. The summed E-state index contributed by atoms with van der Waals surface area (Å²) in [6.07, 6.45) is 5.48. The largest absolute Gasteiger partial charge is 0.354 e. The SMILES string of the molecule is C=C(Nc1cncc(-c2cnc3[nH]nc(-c4cc5c(-c6cccs6)cccc5[nH]4)c3c2)c1)c1ccccc1. The van der Waals surface area contributed by atoms with Gasteiger partial charge in [-0.3, -0.25) is 10.1 Å². The molecule has 0 bridgehead atoms. The fraction of sp³-hybridized carbons (Fsp3) is 0. The number of H-pyrrole nitrogens is 2. The van der Waals surface area contributed by atoms with E-state index in [1.165, 1.54) is 15.8 Å². The first-order valence-corrected chi connectivity index (χ1v) is 13.1. The number of anilines is 1. The number of nitrogens with one attached hydrogen (secondary N) is 3. The van der Waals surface area contributed by atoms with E-state index in [0.29, 0.717) is 0 Å². The number of fused-ring (bicyclic) bond motifs is 2. The van der Waals surface area contributed by atoms with Crippen LogP contribution in [0.5, 0.6) is 0 Å². The summed E-state index contributed by atoms with van der Waals surface area (Å²) in [4.78, 5) is 13.9. The monoisotopic (exact) mass is 510 g/mol. The van der Waals surface area contributed by atoms with Crippen LogP contribution in [0, 0.1) is 0 Å². The Labute approximate surface area is 222 Å². The number of hydrogen-bond acceptors (Lipinski definition) is 5. The molecule has 7 heteroatoms. The normalized spacial score (nSPS) is 11.3. The molecule has 7 rings (SSSR count). The Morgan fingerprint density at radius 3 is 2.61 bits per heavy atom. The van der Waals surface area contributed by atoms with Crippen LogP contribution >= 0.6 is 11.3 Å². The van der Waals surface area contributed by atoms with Crippen LogP contribution in [0.1, 0.15) is 5.56 Å². The third-order valence-corrected chi connectivity index (χ3v) is 7.51. The van der Waals surface area contributed by atoms with E-state index in [1.807, 2.05) is 42.7 Å². The van der Waals surface area contributed by atoms with Crippen LogP contribution in [0.15, 0.2) is 109 Å². The molecule has 0 aliphatic carbocycles. The van der Waals surface area contributed by atoms with E-state index in [9.17, 15) is 0 Å². The molecule has 5 aromatic heterocycles. The Hall–Kier alpha value is -5.01. The van der Waals surface area contributed by atoms with Gasteiger partial charge in [0, 0.05) is 55.9 Å². The van der Waals surface area contributed by atoms with Crippen LogP contribution in [-0.4, -0.2) is 25.1 Å². The van der Waals surface area contributed by atoms with Gasteiger partial charge in [0.15, 0.2) is 5.65 Å². The number of hydrogen-bond donors (Lipinski definition) is 3. The molecule has 182 valence electrons. The lowest BCUT2D eigenvalue weighted by Crippen LogP contribution is -1.98. The second-order valence-electron chi connectivity index (χ2n) is 9.05. The highest BCUT2D eigenvalue weighted by Crippen LogP contribution is 2.36. The first kappa shape index (κ1) is 22.2. The van der Waals surface area contributed by atoms with E-state index in [1.54, 1.807) is 17.5 Å². The van der Waals surface area contributed by atoms with Gasteiger partial charge in [-0.25, -0.2) is 4.98 Å². The standard InChI is InChI=1S/C31H22N6S/c1-19(20-7-3-2-4-8-20)34-23-13-21(16-32-18-23)22-14-26-30(36-37-31(26)33-17-22)28-15-25-24(29-11-6-12-38-29)9-5-10-27(25)35-28/h2-18,34-35H,1H2,(H,33,36,37). The molecule has 0 aliphatic heterocycles. The number of thiophene rings is 1. The third-order valence-electron chi connectivity index (χ3n) is 6.61. The number of rotatable bonds is 6. The van der Waals surface area contributed by atoms with Crippen molar-refractivity contribution < 1.29 is 0 Å². The summed E-state index contributed by atoms with van der Waals surface area (Å²) in [5, 5.41) is 15.3. The Bertz CT molecular complexity index is 1920. The van der Waals surface area contributed by atoms with Gasteiger partial charge in [0.2, 0.25) is 0 Å². The summed E-state index contributed by atoms with van der Waals surface area (Å²) in [5.74, 6) is 0. The number of benzene rings is 2. The summed E-state index contributed by atoms with van der Waals surface area (Å²) in [6, 6.07) is 27.0. The zero-order chi connectivity index (χ0) is 25.5. The second-order valence-corrected chi connectivity index (χ2v) is 10.00. The van der Waals surface area contributed by atoms with E-state index in [2.05, 4.69) is 91.0 Å². The molecule has 7 aromatic rings. The van der Waals surface area contributed by atoms with E-state index in [0.717, 1.165) is 56.0 Å². The second kappa shape index (κ2) is 9.14. The molecular formula is C31H22N6S. The van der Waals surface area contributed by atoms with E-state index in [-0.39, 0.29) is 0 Å². The molecule has 0 radical (unpaired) electrons. The van der Waals surface area contributed by atoms with Crippen LogP contribution in [0.4, 0.5) is 5.69 Å². The highest BCUT2D eigenvalue weighted by Gasteiger charge is 2.15. The molecule has 0 spiro atoms. The van der Waals surface area contributed by atoms with Gasteiger partial charge in [-0.1, -0.05) is 55.1 Å². The molecule has 5 heterocycles. The fourth-order valence-corrected chi connectivity index (χ4v) is 5.51. The highest BCUT2D eigenvalue weighted by atomic mass is 32.1. The van der Waals surface area contributed by atoms with Gasteiger partial charge in [0.25, 0.3) is 0 Å². The van der Waals surface area contributed by atoms with Gasteiger partial charge < -0.3 is 10.3 Å². The van der Waals surface area contributed by atoms with Crippen molar-refractivity contribution in [3.8, 4) is 33.0 Å². The molecule has 0 aliphatic rings. The molecule has 0 saturated carbocycles. The van der Waals surface area contributed by atoms with Gasteiger partial charge in [-0.05, 0) is 41.3 Å². The molecule has 6 nitrogen and oxygen atoms in total. The van der Waals surface area contributed by atoms with Crippen LogP contribution in [-0.2, 0) is 0 Å². The molecule has 2 aromatic carbocycles. The molecular weight excluding hydrogens is 488 g/mol. The Balaban J connectivity index is 1.25. The van der Waals surface area contributed by atoms with Crippen LogP contribution in [0.3, 0.4) is 0 Å². The minimum atomic E-state index is 0.737. The van der Waals surface area contributed by atoms with Crippen molar-refractivity contribution in [2.45, 2.75) is 0 Å². The first-order chi connectivity index (χ1) is 18.7. The average molecular weight is 511 g/mol. The summed E-state index contributed by atoms with van der Waals surface area (Å²) in [6.45, 7) is 4.18. The maximum atomic E-state index is 4.66. The number of aromatic amines is 2. The van der Waals surface area contributed by atoms with Crippen molar-refractivity contribution in [2.75, 3.05) is 5.32 Å². The minimum absolute atomic E-state index is 0.737. The van der Waals surface area contributed by atoms with Gasteiger partial charge in [0.1, 0.15) is 5.69 Å². The molecule has 0 amide bonds. The molecule has 0 atom stereocenters. The number of nitrogens with zero attached hydrogens (tertiary/aromatic N) is 3. The lowest BCUT2D eigenvalue weighted by Gasteiger charge is -2.11. The third kappa shape index (κ3) is 3.95. The molecule has 3 N–H and O–H groups in total. The fourth-order valence-electron chi connectivity index (χ4n) is 4.75. The van der Waals surface area contributed by atoms with Crippen LogP contribution in [0.2, 0.25) is 0 Å². The molecule has 0 unspecified atom stereocenters. The predicted molar refractivity (Wildman–Crippen MR) is 157 cm³/mol. The highest BCUT2D eigenvalue weighted by molar-refractivity contribution is 7.13. The first-order valence-electron chi connectivity index (χ1n) is 12.2. The quantitative estimate of drug-likeness (QED) is 0.212. The van der Waals surface area contributed by atoms with Crippen LogP contribution in [0.25, 0.3) is 60.6 Å². The van der Waals surface area contributed by atoms with E-state index < -0.39 is 0 Å². The van der Waals surface area contributed by atoms with Crippen molar-refractivity contribution in [1.82, 2.24) is 25.1 Å². The summed E-state index contributed by atoms with van der Waals surface area (Å²) < 4.78 is 0. The summed E-state index contributed by atoms with van der Waals surface area (Å²) in [5.41, 5.74) is 9.43. The van der Waals surface area contributed by atoms with Crippen LogP contribution < -0.4 is 5.32 Å². The molecule has 0 fully saturated rings. The van der Waals surface area contributed by atoms with E-state index in [4.69, 9.17) is 0 Å². The van der Waals surface area contributed by atoms with Crippen molar-refractivity contribution in [3.05, 3.63) is 115 Å². The zero-order valence-electron chi connectivity index (χ0n) is 20.3. The molecule has 0 saturated heterocycles. The minimum Gasteiger partial charge on any atom is -0.354 e.